The Balaban J connectivity index is 2.14. The van der Waals surface area contributed by atoms with Gasteiger partial charge in [0.1, 0.15) is 16.5 Å². The average Bonchev–Trinajstić information content (AvgIpc) is 2.71. The van der Waals surface area contributed by atoms with Crippen molar-refractivity contribution in [3.05, 3.63) is 16.3 Å². The lowest BCUT2D eigenvalue weighted by molar-refractivity contribution is -0.140. The van der Waals surface area contributed by atoms with E-state index in [1.807, 2.05) is 18.9 Å². The number of nitrogens with zero attached hydrogens (tertiary/aromatic N) is 3. The molecule has 0 bridgehead atoms. The van der Waals surface area contributed by atoms with E-state index >= 15 is 0 Å². The first-order valence-corrected chi connectivity index (χ1v) is 7.51. The van der Waals surface area contributed by atoms with Crippen molar-refractivity contribution in [3.8, 4) is 0 Å². The van der Waals surface area contributed by atoms with Crippen molar-refractivity contribution in [2.45, 2.75) is 26.8 Å². The van der Waals surface area contributed by atoms with Gasteiger partial charge in [-0.1, -0.05) is 0 Å². The number of methoxy groups -OCH3 is 1. The minimum absolute atomic E-state index is 0.220. The van der Waals surface area contributed by atoms with Crippen molar-refractivity contribution < 1.29 is 9.53 Å². The zero-order valence-corrected chi connectivity index (χ0v) is 13.6. The number of fused-ring (bicyclic) bond motifs is 1. The lowest BCUT2D eigenvalue weighted by atomic mass is 10.2. The highest BCUT2D eigenvalue weighted by Gasteiger charge is 2.14. The maximum atomic E-state index is 11.1. The molecule has 2 aromatic rings. The third kappa shape index (κ3) is 3.48. The van der Waals surface area contributed by atoms with Crippen molar-refractivity contribution in [1.29, 1.82) is 0 Å². The Kier molecular flexibility index (Phi) is 4.74. The quantitative estimate of drug-likeness (QED) is 0.849. The standard InChI is InChI=1S/C14H20N4O2S/c1-8-9(2)21-14-12(8)13(15)16-10(17-14)7-18(3)6-5-11(19)20-4/h5-7H2,1-4H3,(H2,15,16,17). The van der Waals surface area contributed by atoms with Gasteiger partial charge in [0.15, 0.2) is 0 Å². The summed E-state index contributed by atoms with van der Waals surface area (Å²) in [6.07, 6.45) is 0.349. The molecule has 0 unspecified atom stereocenters. The molecule has 7 heteroatoms. The van der Waals surface area contributed by atoms with E-state index in [9.17, 15) is 4.79 Å². The van der Waals surface area contributed by atoms with Crippen LogP contribution in [0.3, 0.4) is 0 Å². The van der Waals surface area contributed by atoms with Crippen LogP contribution in [0.4, 0.5) is 5.82 Å². The summed E-state index contributed by atoms with van der Waals surface area (Å²) in [5, 5.41) is 0.957. The second kappa shape index (κ2) is 6.36. The molecule has 0 amide bonds. The van der Waals surface area contributed by atoms with Gasteiger partial charge in [0, 0.05) is 11.4 Å². The van der Waals surface area contributed by atoms with Gasteiger partial charge in [0.05, 0.1) is 25.5 Å². The highest BCUT2D eigenvalue weighted by molar-refractivity contribution is 7.18. The Labute approximate surface area is 127 Å². The van der Waals surface area contributed by atoms with E-state index in [0.29, 0.717) is 31.2 Å². The minimum Gasteiger partial charge on any atom is -0.469 e. The number of rotatable bonds is 5. The van der Waals surface area contributed by atoms with E-state index in [1.54, 1.807) is 11.3 Å². The number of hydrogen-bond donors (Lipinski definition) is 1. The number of carbonyl (C=O) groups is 1. The van der Waals surface area contributed by atoms with Gasteiger partial charge in [-0.2, -0.15) is 0 Å². The van der Waals surface area contributed by atoms with E-state index < -0.39 is 0 Å². The van der Waals surface area contributed by atoms with Crippen LogP contribution in [-0.2, 0) is 16.1 Å². The smallest absolute Gasteiger partial charge is 0.306 e. The molecule has 0 aliphatic heterocycles. The Morgan fingerprint density at radius 3 is 2.76 bits per heavy atom. The van der Waals surface area contributed by atoms with Crippen LogP contribution in [0.15, 0.2) is 0 Å². The van der Waals surface area contributed by atoms with Crippen LogP contribution in [0, 0.1) is 13.8 Å². The van der Waals surface area contributed by atoms with E-state index in [0.717, 1.165) is 15.8 Å². The van der Waals surface area contributed by atoms with Gasteiger partial charge in [-0.05, 0) is 26.5 Å². The van der Waals surface area contributed by atoms with Gasteiger partial charge in [-0.25, -0.2) is 9.97 Å². The number of nitrogen functional groups attached to an aromatic ring is 1. The monoisotopic (exact) mass is 308 g/mol. The third-order valence-electron chi connectivity index (χ3n) is 3.44. The summed E-state index contributed by atoms with van der Waals surface area (Å²) in [5.74, 6) is 0.981. The van der Waals surface area contributed by atoms with Crippen LogP contribution in [0.5, 0.6) is 0 Å². The Morgan fingerprint density at radius 1 is 1.38 bits per heavy atom. The van der Waals surface area contributed by atoms with Gasteiger partial charge in [-0.3, -0.25) is 9.69 Å². The van der Waals surface area contributed by atoms with Crippen LogP contribution in [-0.4, -0.2) is 41.5 Å². The van der Waals surface area contributed by atoms with E-state index in [2.05, 4.69) is 21.6 Å². The molecule has 0 fully saturated rings. The topological polar surface area (TPSA) is 81.3 Å². The van der Waals surface area contributed by atoms with Crippen molar-refractivity contribution >= 4 is 33.3 Å². The van der Waals surface area contributed by atoms with E-state index in [4.69, 9.17) is 5.73 Å². The molecule has 2 aromatic heterocycles. The number of aromatic nitrogens is 2. The Bertz CT molecular complexity index is 669. The molecule has 0 saturated carbocycles. The molecule has 0 radical (unpaired) electrons. The molecule has 2 N–H and O–H groups in total. The molecule has 0 aromatic carbocycles. The fourth-order valence-corrected chi connectivity index (χ4v) is 3.16. The van der Waals surface area contributed by atoms with Crippen molar-refractivity contribution in [1.82, 2.24) is 14.9 Å². The zero-order chi connectivity index (χ0) is 15.6. The van der Waals surface area contributed by atoms with Crippen molar-refractivity contribution in [2.24, 2.45) is 0 Å². The average molecular weight is 308 g/mol. The number of nitrogens with two attached hydrogens (primary N) is 1. The molecular formula is C14H20N4O2S. The zero-order valence-electron chi connectivity index (χ0n) is 12.8. The SMILES string of the molecule is COC(=O)CCN(C)Cc1nc(N)c2c(C)c(C)sc2n1. The molecule has 0 saturated heterocycles. The maximum absolute atomic E-state index is 11.1. The number of carbonyl (C=O) groups excluding carboxylic acids is 1. The normalized spacial score (nSPS) is 11.3. The van der Waals surface area contributed by atoms with Crippen LogP contribution >= 0.6 is 11.3 Å². The molecule has 0 aliphatic carbocycles. The van der Waals surface area contributed by atoms with Crippen LogP contribution in [0.1, 0.15) is 22.7 Å². The number of ether oxygens (including phenoxy) is 1. The van der Waals surface area contributed by atoms with Crippen molar-refractivity contribution in [2.75, 3.05) is 26.4 Å². The van der Waals surface area contributed by atoms with Gasteiger partial charge < -0.3 is 10.5 Å². The summed E-state index contributed by atoms with van der Waals surface area (Å²) < 4.78 is 4.63. The second-order valence-electron chi connectivity index (χ2n) is 5.05. The molecule has 2 heterocycles. The van der Waals surface area contributed by atoms with Gasteiger partial charge >= 0.3 is 5.97 Å². The van der Waals surface area contributed by atoms with Gasteiger partial charge in [0.25, 0.3) is 0 Å². The largest absolute Gasteiger partial charge is 0.469 e. The number of esters is 1. The van der Waals surface area contributed by atoms with Gasteiger partial charge in [0.2, 0.25) is 0 Å². The van der Waals surface area contributed by atoms with Gasteiger partial charge in [-0.15, -0.1) is 11.3 Å². The summed E-state index contributed by atoms with van der Waals surface area (Å²) in [6, 6.07) is 0. The summed E-state index contributed by atoms with van der Waals surface area (Å²) >= 11 is 1.63. The number of thiophene rings is 1. The molecular weight excluding hydrogens is 288 g/mol. The molecule has 0 aliphatic rings. The first-order valence-electron chi connectivity index (χ1n) is 6.69. The summed E-state index contributed by atoms with van der Waals surface area (Å²) in [7, 11) is 3.30. The highest BCUT2D eigenvalue weighted by Crippen LogP contribution is 2.31. The number of hydrogen-bond acceptors (Lipinski definition) is 7. The van der Waals surface area contributed by atoms with Crippen LogP contribution in [0.25, 0.3) is 10.2 Å². The molecule has 6 nitrogen and oxygen atoms in total. The third-order valence-corrected chi connectivity index (χ3v) is 4.54. The summed E-state index contributed by atoms with van der Waals surface area (Å²) in [4.78, 5) is 24.2. The Hall–Kier alpha value is -1.73. The minimum atomic E-state index is -0.220. The summed E-state index contributed by atoms with van der Waals surface area (Å²) in [5.41, 5.74) is 7.20. The fraction of sp³-hybridized carbons (Fsp3) is 0.500. The molecule has 21 heavy (non-hydrogen) atoms. The predicted octanol–water partition coefficient (Wildman–Crippen LogP) is 1.89. The first-order chi connectivity index (χ1) is 9.92. The van der Waals surface area contributed by atoms with Crippen LogP contribution < -0.4 is 5.73 Å². The van der Waals surface area contributed by atoms with E-state index in [1.165, 1.54) is 12.0 Å². The lowest BCUT2D eigenvalue weighted by Gasteiger charge is -2.15. The highest BCUT2D eigenvalue weighted by atomic mass is 32.1. The summed E-state index contributed by atoms with van der Waals surface area (Å²) in [6.45, 7) is 5.24. The predicted molar refractivity (Wildman–Crippen MR) is 84.3 cm³/mol. The molecule has 0 atom stereocenters. The van der Waals surface area contributed by atoms with Crippen molar-refractivity contribution in [3.63, 3.8) is 0 Å². The molecule has 0 spiro atoms. The number of aryl methyl sites for hydroxylation is 2. The van der Waals surface area contributed by atoms with Crippen LogP contribution in [0.2, 0.25) is 0 Å². The molecule has 114 valence electrons. The number of anilines is 1. The van der Waals surface area contributed by atoms with E-state index in [-0.39, 0.29) is 5.97 Å². The fourth-order valence-electron chi connectivity index (χ4n) is 2.10. The first kappa shape index (κ1) is 15.7. The second-order valence-corrected chi connectivity index (χ2v) is 6.26. The lowest BCUT2D eigenvalue weighted by Crippen LogP contribution is -2.23. The maximum Gasteiger partial charge on any atom is 0.306 e. The Morgan fingerprint density at radius 2 is 2.10 bits per heavy atom. The molecule has 2 rings (SSSR count).